The molecule has 1 aromatic carbocycles. The van der Waals surface area contributed by atoms with Gasteiger partial charge in [-0.2, -0.15) is 13.2 Å². The van der Waals surface area contributed by atoms with Crippen LogP contribution < -0.4 is 5.32 Å². The second-order valence-corrected chi connectivity index (χ2v) is 4.62. The molecule has 0 spiro atoms. The molecule has 0 radical (unpaired) electrons. The summed E-state index contributed by atoms with van der Waals surface area (Å²) in [6.45, 7) is 1.50. The van der Waals surface area contributed by atoms with Crippen LogP contribution in [0.3, 0.4) is 0 Å². The minimum Gasteiger partial charge on any atom is -0.465 e. The molecule has 4 nitrogen and oxygen atoms in total. The molecule has 0 aliphatic heterocycles. The molecule has 0 aliphatic carbocycles. The van der Waals surface area contributed by atoms with E-state index in [1.54, 1.807) is 0 Å². The number of nitrogens with zero attached hydrogens (tertiary/aromatic N) is 1. The van der Waals surface area contributed by atoms with Gasteiger partial charge in [0.2, 0.25) is 0 Å². The molecule has 2 rings (SSSR count). The van der Waals surface area contributed by atoms with Crippen molar-refractivity contribution in [3.05, 3.63) is 23.3 Å². The Morgan fingerprint density at radius 2 is 2.11 bits per heavy atom. The number of alkyl halides is 3. The molecule has 0 aliphatic rings. The SMILES string of the molecule is Cc1cc(C(F)(F)F)cc2sc(NC(=O)O)nc12. The molecular weight excluding hydrogens is 269 g/mol. The molecule has 2 aromatic rings. The van der Waals surface area contributed by atoms with Crippen LogP contribution in [0.4, 0.5) is 23.1 Å². The van der Waals surface area contributed by atoms with Crippen LogP contribution in [0.15, 0.2) is 12.1 Å². The number of thiazole rings is 1. The summed E-state index contributed by atoms with van der Waals surface area (Å²) in [6, 6.07) is 1.96. The number of hydrogen-bond donors (Lipinski definition) is 2. The van der Waals surface area contributed by atoms with Crippen LogP contribution in [-0.2, 0) is 6.18 Å². The molecule has 8 heteroatoms. The third-order valence-corrected chi connectivity index (χ3v) is 3.14. The predicted molar refractivity (Wildman–Crippen MR) is 61.0 cm³/mol. The maximum Gasteiger partial charge on any atom is 0.416 e. The van der Waals surface area contributed by atoms with Crippen molar-refractivity contribution >= 4 is 32.8 Å². The second-order valence-electron chi connectivity index (χ2n) is 3.59. The van der Waals surface area contributed by atoms with Crippen molar-refractivity contribution in [2.75, 3.05) is 5.32 Å². The lowest BCUT2D eigenvalue weighted by Crippen LogP contribution is -2.06. The lowest BCUT2D eigenvalue weighted by Gasteiger charge is -2.07. The van der Waals surface area contributed by atoms with E-state index in [1.165, 1.54) is 6.92 Å². The third kappa shape index (κ3) is 2.37. The van der Waals surface area contributed by atoms with Gasteiger partial charge in [-0.1, -0.05) is 11.3 Å². The van der Waals surface area contributed by atoms with E-state index in [1.807, 2.05) is 5.32 Å². The van der Waals surface area contributed by atoms with Gasteiger partial charge in [-0.15, -0.1) is 0 Å². The summed E-state index contributed by atoms with van der Waals surface area (Å²) in [5.74, 6) is 0. The largest absolute Gasteiger partial charge is 0.465 e. The van der Waals surface area contributed by atoms with Crippen molar-refractivity contribution in [1.29, 1.82) is 0 Å². The number of fused-ring (bicyclic) bond motifs is 1. The number of aryl methyl sites for hydroxylation is 1. The van der Waals surface area contributed by atoms with Crippen LogP contribution in [0.25, 0.3) is 10.2 Å². The van der Waals surface area contributed by atoms with Crippen LogP contribution in [-0.4, -0.2) is 16.2 Å². The molecule has 0 atom stereocenters. The van der Waals surface area contributed by atoms with E-state index in [4.69, 9.17) is 5.11 Å². The van der Waals surface area contributed by atoms with E-state index >= 15 is 0 Å². The number of hydrogen-bond acceptors (Lipinski definition) is 3. The Morgan fingerprint density at radius 1 is 1.44 bits per heavy atom. The molecule has 1 amide bonds. The summed E-state index contributed by atoms with van der Waals surface area (Å²) >= 11 is 0.867. The molecule has 0 saturated heterocycles. The Morgan fingerprint density at radius 3 is 2.67 bits per heavy atom. The summed E-state index contributed by atoms with van der Waals surface area (Å²) in [4.78, 5) is 14.4. The zero-order valence-electron chi connectivity index (χ0n) is 9.00. The quantitative estimate of drug-likeness (QED) is 0.834. The van der Waals surface area contributed by atoms with Gasteiger partial charge < -0.3 is 5.11 Å². The van der Waals surface area contributed by atoms with E-state index < -0.39 is 17.8 Å². The molecule has 0 unspecified atom stereocenters. The fraction of sp³-hybridized carbons (Fsp3) is 0.200. The number of carbonyl (C=O) groups is 1. The van der Waals surface area contributed by atoms with Crippen LogP contribution in [0.2, 0.25) is 0 Å². The first kappa shape index (κ1) is 12.6. The van der Waals surface area contributed by atoms with E-state index in [2.05, 4.69) is 4.98 Å². The van der Waals surface area contributed by atoms with Crippen molar-refractivity contribution in [3.8, 4) is 0 Å². The van der Waals surface area contributed by atoms with Gasteiger partial charge in [0, 0.05) is 0 Å². The monoisotopic (exact) mass is 276 g/mol. The number of aromatic nitrogens is 1. The zero-order chi connectivity index (χ0) is 13.5. The lowest BCUT2D eigenvalue weighted by atomic mass is 10.1. The van der Waals surface area contributed by atoms with Crippen LogP contribution in [0.5, 0.6) is 0 Å². The smallest absolute Gasteiger partial charge is 0.416 e. The van der Waals surface area contributed by atoms with Crippen molar-refractivity contribution < 1.29 is 23.1 Å². The highest BCUT2D eigenvalue weighted by Gasteiger charge is 2.31. The number of halogens is 3. The Hall–Kier alpha value is -1.83. The fourth-order valence-electron chi connectivity index (χ4n) is 1.51. The molecule has 0 saturated carbocycles. The summed E-state index contributed by atoms with van der Waals surface area (Å²) in [7, 11) is 0. The van der Waals surface area contributed by atoms with E-state index in [0.717, 1.165) is 23.5 Å². The van der Waals surface area contributed by atoms with Gasteiger partial charge in [-0.3, -0.25) is 5.32 Å². The van der Waals surface area contributed by atoms with Gasteiger partial charge >= 0.3 is 12.3 Å². The average Bonchev–Trinajstić information content (AvgIpc) is 2.58. The molecule has 18 heavy (non-hydrogen) atoms. The standard InChI is InChI=1S/C10H7F3N2O2S/c1-4-2-5(10(11,12)13)3-6-7(4)14-8(18-6)15-9(16)17/h2-3H,1H3,(H,14,15)(H,16,17). The number of amides is 1. The first-order valence-corrected chi connectivity index (χ1v) is 5.57. The highest BCUT2D eigenvalue weighted by atomic mass is 32.1. The van der Waals surface area contributed by atoms with Gasteiger partial charge in [0.25, 0.3) is 0 Å². The minimum absolute atomic E-state index is 0.0555. The normalized spacial score (nSPS) is 11.8. The Balaban J connectivity index is 2.56. The summed E-state index contributed by atoms with van der Waals surface area (Å²) in [5.41, 5.74) is -0.0377. The maximum atomic E-state index is 12.6. The Labute approximate surface area is 103 Å². The Kier molecular flexibility index (Phi) is 2.89. The van der Waals surface area contributed by atoms with Crippen LogP contribution >= 0.6 is 11.3 Å². The van der Waals surface area contributed by atoms with Gasteiger partial charge in [-0.25, -0.2) is 9.78 Å². The van der Waals surface area contributed by atoms with Crippen molar-refractivity contribution in [2.45, 2.75) is 13.1 Å². The van der Waals surface area contributed by atoms with E-state index in [0.29, 0.717) is 15.8 Å². The van der Waals surface area contributed by atoms with Gasteiger partial charge in [0.05, 0.1) is 15.8 Å². The van der Waals surface area contributed by atoms with Gasteiger partial charge in [-0.05, 0) is 24.6 Å². The molecule has 1 aromatic heterocycles. The number of benzene rings is 1. The van der Waals surface area contributed by atoms with Gasteiger partial charge in [0.15, 0.2) is 5.13 Å². The highest BCUT2D eigenvalue weighted by Crippen LogP contribution is 2.36. The number of carboxylic acid groups (broad SMARTS) is 1. The highest BCUT2D eigenvalue weighted by molar-refractivity contribution is 7.22. The van der Waals surface area contributed by atoms with Crippen LogP contribution in [0.1, 0.15) is 11.1 Å². The fourth-order valence-corrected chi connectivity index (χ4v) is 2.48. The lowest BCUT2D eigenvalue weighted by molar-refractivity contribution is -0.137. The van der Waals surface area contributed by atoms with Gasteiger partial charge in [0.1, 0.15) is 0 Å². The number of nitrogens with one attached hydrogen (secondary N) is 1. The average molecular weight is 276 g/mol. The maximum absolute atomic E-state index is 12.6. The van der Waals surface area contributed by atoms with Crippen LogP contribution in [0, 0.1) is 6.92 Å². The molecule has 0 fully saturated rings. The van der Waals surface area contributed by atoms with Crippen molar-refractivity contribution in [1.82, 2.24) is 4.98 Å². The second kappa shape index (κ2) is 4.13. The first-order valence-electron chi connectivity index (χ1n) is 4.75. The molecule has 2 N–H and O–H groups in total. The van der Waals surface area contributed by atoms with E-state index in [-0.39, 0.29) is 5.13 Å². The Bertz CT molecular complexity index is 621. The predicted octanol–water partition coefficient (Wildman–Crippen LogP) is 3.71. The molecular formula is C10H7F3N2O2S. The third-order valence-electron chi connectivity index (χ3n) is 2.23. The van der Waals surface area contributed by atoms with E-state index in [9.17, 15) is 18.0 Å². The first-order chi connectivity index (χ1) is 8.27. The summed E-state index contributed by atoms with van der Waals surface area (Å²) in [6.07, 6.45) is -5.73. The topological polar surface area (TPSA) is 62.2 Å². The van der Waals surface area contributed by atoms with Crippen molar-refractivity contribution in [3.63, 3.8) is 0 Å². The van der Waals surface area contributed by atoms with Crippen molar-refractivity contribution in [2.24, 2.45) is 0 Å². The summed E-state index contributed by atoms with van der Waals surface area (Å²) < 4.78 is 38.1. The summed E-state index contributed by atoms with van der Waals surface area (Å²) in [5, 5.41) is 10.6. The molecule has 0 bridgehead atoms. The minimum atomic E-state index is -4.43. The number of rotatable bonds is 1. The molecule has 1 heterocycles. The zero-order valence-corrected chi connectivity index (χ0v) is 9.82. The molecule has 96 valence electrons. The number of anilines is 1.